The van der Waals surface area contributed by atoms with E-state index in [2.05, 4.69) is 10.3 Å². The maximum atomic E-state index is 12.0. The van der Waals surface area contributed by atoms with E-state index in [9.17, 15) is 9.59 Å². The maximum absolute atomic E-state index is 12.0. The number of esters is 2. The molecule has 1 N–H and O–H groups in total. The average molecular weight is 370 g/mol. The number of hydrogen-bond donors (Lipinski definition) is 1. The fourth-order valence-corrected chi connectivity index (χ4v) is 2.40. The van der Waals surface area contributed by atoms with Gasteiger partial charge in [-0.15, -0.1) is 0 Å². The second-order valence-electron chi connectivity index (χ2n) is 7.17. The number of pyridine rings is 1. The Morgan fingerprint density at radius 1 is 1.04 bits per heavy atom. The molecular weight excluding hydrogens is 344 g/mol. The molecule has 144 valence electrons. The summed E-state index contributed by atoms with van der Waals surface area (Å²) in [6, 6.07) is 12.6. The van der Waals surface area contributed by atoms with Crippen molar-refractivity contribution in [2.75, 3.05) is 11.9 Å². The number of anilines is 1. The number of carbonyl (C=O) groups excluding carboxylic acids is 2. The third kappa shape index (κ3) is 7.48. The predicted octanol–water partition coefficient (Wildman–Crippen LogP) is 3.68. The summed E-state index contributed by atoms with van der Waals surface area (Å²) in [6.45, 7) is 7.38. The Labute approximate surface area is 159 Å². The molecule has 0 saturated heterocycles. The minimum absolute atomic E-state index is 0.000920. The Morgan fingerprint density at radius 2 is 1.74 bits per heavy atom. The van der Waals surface area contributed by atoms with Crippen LogP contribution in [0.3, 0.4) is 0 Å². The van der Waals surface area contributed by atoms with E-state index in [0.29, 0.717) is 23.6 Å². The predicted molar refractivity (Wildman–Crippen MR) is 104 cm³/mol. The molecule has 0 amide bonds. The lowest BCUT2D eigenvalue weighted by Gasteiger charge is -2.19. The Bertz CT molecular complexity index is 783. The fourth-order valence-electron chi connectivity index (χ4n) is 2.40. The summed E-state index contributed by atoms with van der Waals surface area (Å²) >= 11 is 0. The van der Waals surface area contributed by atoms with Crippen LogP contribution in [0.25, 0.3) is 0 Å². The first-order valence-corrected chi connectivity index (χ1v) is 8.91. The van der Waals surface area contributed by atoms with Crippen LogP contribution < -0.4 is 10.1 Å². The van der Waals surface area contributed by atoms with Crippen molar-refractivity contribution in [3.63, 3.8) is 0 Å². The van der Waals surface area contributed by atoms with Gasteiger partial charge in [0.2, 0.25) is 0 Å². The van der Waals surface area contributed by atoms with Gasteiger partial charge in [-0.25, -0.2) is 4.79 Å². The van der Waals surface area contributed by atoms with E-state index in [0.717, 1.165) is 5.69 Å². The highest BCUT2D eigenvalue weighted by atomic mass is 16.6. The smallest absolute Gasteiger partial charge is 0.330 e. The van der Waals surface area contributed by atoms with Crippen molar-refractivity contribution in [1.29, 1.82) is 0 Å². The molecule has 1 heterocycles. The molecule has 0 aliphatic rings. The average Bonchev–Trinajstić information content (AvgIpc) is 2.58. The highest BCUT2D eigenvalue weighted by Gasteiger charge is 2.17. The first-order valence-electron chi connectivity index (χ1n) is 8.91. The number of rotatable bonds is 7. The zero-order valence-corrected chi connectivity index (χ0v) is 16.2. The van der Waals surface area contributed by atoms with Gasteiger partial charge >= 0.3 is 11.9 Å². The van der Waals surface area contributed by atoms with Crippen LogP contribution in [-0.4, -0.2) is 29.1 Å². The summed E-state index contributed by atoms with van der Waals surface area (Å²) in [7, 11) is 0. The van der Waals surface area contributed by atoms with Gasteiger partial charge in [-0.1, -0.05) is 18.2 Å². The monoisotopic (exact) mass is 370 g/mol. The molecule has 0 aliphatic carbocycles. The summed E-state index contributed by atoms with van der Waals surface area (Å²) in [5.41, 5.74) is 1.74. The Balaban J connectivity index is 1.94. The minimum atomic E-state index is -0.514. The Kier molecular flexibility index (Phi) is 6.93. The van der Waals surface area contributed by atoms with Gasteiger partial charge < -0.3 is 14.8 Å². The summed E-state index contributed by atoms with van der Waals surface area (Å²) < 4.78 is 10.6. The molecule has 6 nitrogen and oxygen atoms in total. The second kappa shape index (κ2) is 9.16. The van der Waals surface area contributed by atoms with Crippen LogP contribution in [-0.2, 0) is 20.7 Å². The third-order valence-electron chi connectivity index (χ3n) is 3.50. The molecule has 1 aromatic carbocycles. The SMILES string of the molecule is Cc1ccc(NCC(=O)Oc2ccccc2)c(CCC(=O)OC(C)(C)C)n1. The number of aryl methyl sites for hydroxylation is 2. The van der Waals surface area contributed by atoms with Crippen LogP contribution in [0.5, 0.6) is 5.75 Å². The minimum Gasteiger partial charge on any atom is -0.460 e. The van der Waals surface area contributed by atoms with Crippen LogP contribution in [0.4, 0.5) is 5.69 Å². The topological polar surface area (TPSA) is 77.5 Å². The Morgan fingerprint density at radius 3 is 2.41 bits per heavy atom. The standard InChI is InChI=1S/C21H26N2O4/c1-15-10-11-17(18(23-15)12-13-19(24)27-21(2,3)4)22-14-20(25)26-16-8-6-5-7-9-16/h5-11,22H,12-14H2,1-4H3. The highest BCUT2D eigenvalue weighted by molar-refractivity contribution is 5.77. The van der Waals surface area contributed by atoms with Gasteiger partial charge in [0, 0.05) is 12.1 Å². The van der Waals surface area contributed by atoms with Gasteiger partial charge in [0.15, 0.2) is 0 Å². The molecule has 27 heavy (non-hydrogen) atoms. The molecular formula is C21H26N2O4. The lowest BCUT2D eigenvalue weighted by atomic mass is 10.1. The van der Waals surface area contributed by atoms with Crippen molar-refractivity contribution in [2.45, 2.75) is 46.1 Å². The number of aromatic nitrogens is 1. The van der Waals surface area contributed by atoms with Crippen molar-refractivity contribution in [3.8, 4) is 5.75 Å². The van der Waals surface area contributed by atoms with Crippen LogP contribution >= 0.6 is 0 Å². The van der Waals surface area contributed by atoms with Gasteiger partial charge in [-0.3, -0.25) is 9.78 Å². The van der Waals surface area contributed by atoms with Gasteiger partial charge in [0.25, 0.3) is 0 Å². The summed E-state index contributed by atoms with van der Waals surface area (Å²) in [5.74, 6) is -0.184. The van der Waals surface area contributed by atoms with Gasteiger partial charge in [-0.05, 0) is 52.0 Å². The number of benzene rings is 1. The quantitative estimate of drug-likeness (QED) is 0.592. The second-order valence-corrected chi connectivity index (χ2v) is 7.17. The van der Waals surface area contributed by atoms with E-state index in [1.165, 1.54) is 0 Å². The molecule has 6 heteroatoms. The number of hydrogen-bond acceptors (Lipinski definition) is 6. The lowest BCUT2D eigenvalue weighted by molar-refractivity contribution is -0.154. The van der Waals surface area contributed by atoms with Crippen molar-refractivity contribution in [1.82, 2.24) is 4.98 Å². The van der Waals surface area contributed by atoms with Crippen LogP contribution in [0, 0.1) is 6.92 Å². The molecule has 0 saturated carbocycles. The van der Waals surface area contributed by atoms with Gasteiger partial charge in [-0.2, -0.15) is 0 Å². The highest BCUT2D eigenvalue weighted by Crippen LogP contribution is 2.17. The van der Waals surface area contributed by atoms with E-state index < -0.39 is 11.6 Å². The number of nitrogens with one attached hydrogen (secondary N) is 1. The Hall–Kier alpha value is -2.89. The molecule has 0 bridgehead atoms. The normalized spacial score (nSPS) is 11.0. The number of carbonyl (C=O) groups is 2. The van der Waals surface area contributed by atoms with E-state index in [1.54, 1.807) is 24.3 Å². The van der Waals surface area contributed by atoms with E-state index in [-0.39, 0.29) is 18.9 Å². The molecule has 0 radical (unpaired) electrons. The van der Waals surface area contributed by atoms with Crippen LogP contribution in [0.1, 0.15) is 38.6 Å². The van der Waals surface area contributed by atoms with E-state index >= 15 is 0 Å². The molecule has 2 aromatic rings. The lowest BCUT2D eigenvalue weighted by Crippen LogP contribution is -2.24. The largest absolute Gasteiger partial charge is 0.460 e. The van der Waals surface area contributed by atoms with Crippen LogP contribution in [0.15, 0.2) is 42.5 Å². The molecule has 0 fully saturated rings. The van der Waals surface area contributed by atoms with Crippen molar-refractivity contribution < 1.29 is 19.1 Å². The molecule has 2 rings (SSSR count). The number of ether oxygens (including phenoxy) is 2. The summed E-state index contributed by atoms with van der Waals surface area (Å²) in [6.07, 6.45) is 0.642. The van der Waals surface area contributed by atoms with Gasteiger partial charge in [0.1, 0.15) is 17.9 Å². The van der Waals surface area contributed by atoms with Crippen LogP contribution in [0.2, 0.25) is 0 Å². The number of para-hydroxylation sites is 1. The van der Waals surface area contributed by atoms with Crippen molar-refractivity contribution in [3.05, 3.63) is 53.9 Å². The zero-order valence-electron chi connectivity index (χ0n) is 16.2. The first kappa shape index (κ1) is 20.4. The maximum Gasteiger partial charge on any atom is 0.330 e. The molecule has 0 unspecified atom stereocenters. The number of nitrogens with zero attached hydrogens (tertiary/aromatic N) is 1. The molecule has 1 aromatic heterocycles. The molecule has 0 atom stereocenters. The van der Waals surface area contributed by atoms with E-state index in [4.69, 9.17) is 9.47 Å². The summed E-state index contributed by atoms with van der Waals surface area (Å²) in [5, 5.41) is 3.04. The molecule has 0 aliphatic heterocycles. The van der Waals surface area contributed by atoms with Crippen molar-refractivity contribution >= 4 is 17.6 Å². The summed E-state index contributed by atoms with van der Waals surface area (Å²) in [4.78, 5) is 28.4. The third-order valence-corrected chi connectivity index (χ3v) is 3.50. The van der Waals surface area contributed by atoms with Gasteiger partial charge in [0.05, 0.1) is 17.8 Å². The molecule has 0 spiro atoms. The van der Waals surface area contributed by atoms with E-state index in [1.807, 2.05) is 45.9 Å². The first-order chi connectivity index (χ1) is 12.7. The fraction of sp³-hybridized carbons (Fsp3) is 0.381. The van der Waals surface area contributed by atoms with Crippen molar-refractivity contribution in [2.24, 2.45) is 0 Å². The zero-order chi connectivity index (χ0) is 19.9.